The van der Waals surface area contributed by atoms with Crippen molar-refractivity contribution in [1.29, 1.82) is 0 Å². The van der Waals surface area contributed by atoms with Crippen LogP contribution < -0.4 is 0 Å². The van der Waals surface area contributed by atoms with Gasteiger partial charge in [-0.05, 0) is 116 Å². The minimum atomic E-state index is -0.0405. The molecule has 0 nitrogen and oxygen atoms in total. The van der Waals surface area contributed by atoms with Crippen molar-refractivity contribution in [1.82, 2.24) is 0 Å². The molecule has 0 saturated carbocycles. The lowest BCUT2D eigenvalue weighted by atomic mass is 9.77. The summed E-state index contributed by atoms with van der Waals surface area (Å²) < 4.78 is 0. The monoisotopic (exact) mass is 560 g/mol. The van der Waals surface area contributed by atoms with Gasteiger partial charge in [-0.1, -0.05) is 142 Å². The maximum atomic E-state index is 2.46. The van der Waals surface area contributed by atoms with Gasteiger partial charge in [0.25, 0.3) is 0 Å². The van der Waals surface area contributed by atoms with Gasteiger partial charge in [-0.25, -0.2) is 0 Å². The Balaban J connectivity index is 1.38. The van der Waals surface area contributed by atoms with Crippen LogP contribution in [0.25, 0.3) is 86.9 Å². The Bertz CT molecular complexity index is 2510. The number of hydrogen-bond acceptors (Lipinski definition) is 0. The first-order chi connectivity index (χ1) is 21.5. The van der Waals surface area contributed by atoms with Crippen LogP contribution in [-0.4, -0.2) is 0 Å². The Labute approximate surface area is 257 Å². The zero-order valence-corrected chi connectivity index (χ0v) is 25.3. The molecule has 0 radical (unpaired) electrons. The highest BCUT2D eigenvalue weighted by molar-refractivity contribution is 6.24. The van der Waals surface area contributed by atoms with Crippen LogP contribution in [0.4, 0.5) is 0 Å². The van der Waals surface area contributed by atoms with E-state index in [0.717, 1.165) is 0 Å². The molecule has 0 fully saturated rings. The largest absolute Gasteiger partial charge is 0.0616 e. The van der Waals surface area contributed by atoms with Crippen molar-refractivity contribution in [2.45, 2.75) is 26.2 Å². The van der Waals surface area contributed by atoms with Crippen molar-refractivity contribution in [2.24, 2.45) is 0 Å². The lowest BCUT2D eigenvalue weighted by molar-refractivity contribution is 0.601. The van der Waals surface area contributed by atoms with Gasteiger partial charge in [-0.2, -0.15) is 0 Å². The standard InChI is InChI=1S/C44H32/c1-44(2,3)43-38-16-7-6-15-36(38)42(35-17-9-11-27-10-4-5-14-34(27)35)37-23-22-30(26-39(37)43)33-24-31-20-18-28-12-8-13-29-19-21-32(25-33)41(31)40(28)29/h4-26H,1-3H3. The third-order valence-electron chi connectivity index (χ3n) is 9.63. The van der Waals surface area contributed by atoms with E-state index in [0.29, 0.717) is 0 Å². The number of benzene rings is 9. The van der Waals surface area contributed by atoms with Crippen molar-refractivity contribution >= 4 is 64.6 Å². The first-order valence-corrected chi connectivity index (χ1v) is 15.6. The van der Waals surface area contributed by atoms with Crippen molar-refractivity contribution in [2.75, 3.05) is 0 Å². The van der Waals surface area contributed by atoms with E-state index in [1.165, 1.54) is 92.5 Å². The minimum absolute atomic E-state index is 0.0405. The molecule has 0 aliphatic rings. The lowest BCUT2D eigenvalue weighted by Crippen LogP contribution is -2.13. The molecule has 9 aromatic carbocycles. The predicted molar refractivity (Wildman–Crippen MR) is 192 cm³/mol. The average molecular weight is 561 g/mol. The first kappa shape index (κ1) is 25.3. The van der Waals surface area contributed by atoms with Gasteiger partial charge in [0.05, 0.1) is 0 Å². The van der Waals surface area contributed by atoms with E-state index in [9.17, 15) is 0 Å². The molecular formula is C44H32. The van der Waals surface area contributed by atoms with Crippen molar-refractivity contribution < 1.29 is 0 Å². The van der Waals surface area contributed by atoms with Crippen molar-refractivity contribution in [3.8, 4) is 22.3 Å². The van der Waals surface area contributed by atoms with Crippen LogP contribution in [0.5, 0.6) is 0 Å². The van der Waals surface area contributed by atoms with Crippen molar-refractivity contribution in [3.63, 3.8) is 0 Å². The molecule has 208 valence electrons. The van der Waals surface area contributed by atoms with Crippen LogP contribution >= 0.6 is 0 Å². The van der Waals surface area contributed by atoms with Crippen LogP contribution in [0.3, 0.4) is 0 Å². The second kappa shape index (κ2) is 9.15. The Hall–Kier alpha value is -5.20. The molecule has 44 heavy (non-hydrogen) atoms. The van der Waals surface area contributed by atoms with Crippen LogP contribution in [-0.2, 0) is 5.41 Å². The van der Waals surface area contributed by atoms with Gasteiger partial charge in [0.1, 0.15) is 0 Å². The average Bonchev–Trinajstić information content (AvgIpc) is 3.05. The molecule has 0 spiro atoms. The molecule has 0 atom stereocenters. The summed E-state index contributed by atoms with van der Waals surface area (Å²) in [7, 11) is 0. The fraction of sp³-hybridized carbons (Fsp3) is 0.0909. The minimum Gasteiger partial charge on any atom is -0.0616 e. The number of hydrogen-bond donors (Lipinski definition) is 0. The summed E-state index contributed by atoms with van der Waals surface area (Å²) in [6, 6.07) is 52.2. The highest BCUT2D eigenvalue weighted by atomic mass is 14.3. The zero-order chi connectivity index (χ0) is 29.6. The highest BCUT2D eigenvalue weighted by Gasteiger charge is 2.24. The molecule has 0 saturated heterocycles. The molecular weight excluding hydrogens is 528 g/mol. The molecule has 0 amide bonds. The molecule has 0 aliphatic carbocycles. The Morgan fingerprint density at radius 3 is 1.64 bits per heavy atom. The summed E-state index contributed by atoms with van der Waals surface area (Å²) >= 11 is 0. The maximum absolute atomic E-state index is 2.46. The Kier molecular flexibility index (Phi) is 5.26. The summed E-state index contributed by atoms with van der Waals surface area (Å²) in [6.45, 7) is 7.06. The van der Waals surface area contributed by atoms with E-state index in [4.69, 9.17) is 0 Å². The molecule has 0 aromatic heterocycles. The van der Waals surface area contributed by atoms with Gasteiger partial charge in [0.2, 0.25) is 0 Å². The number of fused-ring (bicyclic) bond motifs is 3. The van der Waals surface area contributed by atoms with E-state index in [-0.39, 0.29) is 5.41 Å². The first-order valence-electron chi connectivity index (χ1n) is 15.6. The zero-order valence-electron chi connectivity index (χ0n) is 25.3. The van der Waals surface area contributed by atoms with E-state index >= 15 is 0 Å². The van der Waals surface area contributed by atoms with Gasteiger partial charge >= 0.3 is 0 Å². The van der Waals surface area contributed by atoms with Gasteiger partial charge < -0.3 is 0 Å². The Morgan fingerprint density at radius 1 is 0.364 bits per heavy atom. The van der Waals surface area contributed by atoms with Gasteiger partial charge in [0.15, 0.2) is 0 Å². The summed E-state index contributed by atoms with van der Waals surface area (Å²) in [5.41, 5.74) is 6.50. The molecule has 0 heterocycles. The molecule has 0 bridgehead atoms. The highest BCUT2D eigenvalue weighted by Crippen LogP contribution is 2.46. The second-order valence-corrected chi connectivity index (χ2v) is 13.3. The quantitative estimate of drug-likeness (QED) is 0.146. The van der Waals surface area contributed by atoms with E-state index in [1.54, 1.807) is 0 Å². The smallest absolute Gasteiger partial charge is 0.00204 e. The second-order valence-electron chi connectivity index (χ2n) is 13.3. The summed E-state index contributed by atoms with van der Waals surface area (Å²) in [6.07, 6.45) is 0. The van der Waals surface area contributed by atoms with Gasteiger partial charge in [-0.15, -0.1) is 0 Å². The lowest BCUT2D eigenvalue weighted by Gasteiger charge is -2.27. The fourth-order valence-corrected chi connectivity index (χ4v) is 7.82. The SMILES string of the molecule is CC(C)(C)c1c2ccccc2c(-c2cccc3ccccc23)c2ccc(-c3cc4ccc5cccc6ccc(c3)c4c56)cc12. The topological polar surface area (TPSA) is 0 Å². The van der Waals surface area contributed by atoms with Gasteiger partial charge in [0, 0.05) is 0 Å². The maximum Gasteiger partial charge on any atom is -0.00204 e. The third-order valence-corrected chi connectivity index (χ3v) is 9.63. The van der Waals surface area contributed by atoms with Crippen LogP contribution in [0.2, 0.25) is 0 Å². The van der Waals surface area contributed by atoms with E-state index in [1.807, 2.05) is 0 Å². The number of rotatable bonds is 2. The van der Waals surface area contributed by atoms with Crippen LogP contribution in [0.15, 0.2) is 140 Å². The fourth-order valence-electron chi connectivity index (χ4n) is 7.82. The summed E-state index contributed by atoms with van der Waals surface area (Å²) in [4.78, 5) is 0. The van der Waals surface area contributed by atoms with Crippen LogP contribution in [0.1, 0.15) is 26.3 Å². The van der Waals surface area contributed by atoms with Gasteiger partial charge in [-0.3, -0.25) is 0 Å². The Morgan fingerprint density at radius 2 is 0.909 bits per heavy atom. The predicted octanol–water partition coefficient (Wildman–Crippen LogP) is 12.7. The van der Waals surface area contributed by atoms with Crippen LogP contribution in [0, 0.1) is 0 Å². The van der Waals surface area contributed by atoms with E-state index < -0.39 is 0 Å². The summed E-state index contributed by atoms with van der Waals surface area (Å²) in [5.74, 6) is 0. The molecule has 0 aliphatic heterocycles. The van der Waals surface area contributed by atoms with E-state index in [2.05, 4.69) is 160 Å². The molecule has 9 aromatic rings. The molecule has 0 heteroatoms. The summed E-state index contributed by atoms with van der Waals surface area (Å²) in [5, 5.41) is 15.8. The third kappa shape index (κ3) is 3.64. The van der Waals surface area contributed by atoms with Crippen molar-refractivity contribution in [3.05, 3.63) is 145 Å². The molecule has 0 N–H and O–H groups in total. The molecule has 0 unspecified atom stereocenters. The normalized spacial score (nSPS) is 12.4. The molecule has 9 rings (SSSR count).